The number of aliphatic carboxylic acids is 1. The fourth-order valence-electron chi connectivity index (χ4n) is 2.48. The second-order valence-corrected chi connectivity index (χ2v) is 5.09. The summed E-state index contributed by atoms with van der Waals surface area (Å²) in [5.41, 5.74) is 0. The molecule has 1 N–H and O–H groups in total. The zero-order valence-electron chi connectivity index (χ0n) is 10.6. The number of ether oxygens (including phenoxy) is 1. The molecule has 17 heavy (non-hydrogen) atoms. The Balaban J connectivity index is 2.53. The predicted molar refractivity (Wildman–Crippen MR) is 63.5 cm³/mol. The average molecular weight is 242 g/mol. The van der Waals surface area contributed by atoms with Gasteiger partial charge in [-0.05, 0) is 32.6 Å². The molecule has 1 rings (SSSR count). The maximum Gasteiger partial charge on any atom is 0.307 e. The zero-order chi connectivity index (χ0) is 12.8. The van der Waals surface area contributed by atoms with E-state index >= 15 is 0 Å². The van der Waals surface area contributed by atoms with Crippen LogP contribution < -0.4 is 0 Å². The van der Waals surface area contributed by atoms with Gasteiger partial charge in [-0.2, -0.15) is 0 Å². The third-order valence-electron chi connectivity index (χ3n) is 3.29. The van der Waals surface area contributed by atoms with Crippen LogP contribution in [0, 0.1) is 11.8 Å². The first-order valence-electron chi connectivity index (χ1n) is 6.43. The van der Waals surface area contributed by atoms with E-state index in [-0.39, 0.29) is 18.4 Å². The van der Waals surface area contributed by atoms with Crippen molar-refractivity contribution >= 4 is 11.9 Å². The van der Waals surface area contributed by atoms with E-state index in [0.29, 0.717) is 0 Å². The molecule has 1 atom stereocenters. The van der Waals surface area contributed by atoms with Crippen LogP contribution in [-0.4, -0.2) is 23.1 Å². The number of carbonyl (C=O) groups is 2. The maximum atomic E-state index is 11.5. The van der Waals surface area contributed by atoms with E-state index in [1.807, 2.05) is 0 Å². The van der Waals surface area contributed by atoms with Crippen molar-refractivity contribution in [2.75, 3.05) is 0 Å². The largest absolute Gasteiger partial charge is 0.481 e. The standard InChI is InChI=1S/C13H22O4/c1-9(2)17-12(14)8-11(13(15)16)10-6-4-3-5-7-10/h9-11H,3-8H2,1-2H3,(H,15,16). The molecule has 1 aliphatic rings. The Morgan fingerprint density at radius 3 is 2.29 bits per heavy atom. The first-order chi connectivity index (χ1) is 8.00. The van der Waals surface area contributed by atoms with E-state index in [0.717, 1.165) is 25.7 Å². The van der Waals surface area contributed by atoms with E-state index in [9.17, 15) is 14.7 Å². The van der Waals surface area contributed by atoms with Crippen molar-refractivity contribution in [1.29, 1.82) is 0 Å². The second kappa shape index (κ2) is 6.62. The van der Waals surface area contributed by atoms with E-state index in [1.165, 1.54) is 6.42 Å². The Morgan fingerprint density at radius 2 is 1.82 bits per heavy atom. The number of carboxylic acids is 1. The molecule has 1 unspecified atom stereocenters. The second-order valence-electron chi connectivity index (χ2n) is 5.09. The molecule has 0 bridgehead atoms. The summed E-state index contributed by atoms with van der Waals surface area (Å²) in [6.45, 7) is 3.54. The minimum absolute atomic E-state index is 0.0121. The van der Waals surface area contributed by atoms with Crippen LogP contribution in [0.1, 0.15) is 52.4 Å². The van der Waals surface area contributed by atoms with Crippen molar-refractivity contribution in [3.05, 3.63) is 0 Å². The van der Waals surface area contributed by atoms with Crippen LogP contribution in [0.15, 0.2) is 0 Å². The number of rotatable bonds is 5. The lowest BCUT2D eigenvalue weighted by atomic mass is 9.78. The number of esters is 1. The highest BCUT2D eigenvalue weighted by Crippen LogP contribution is 2.32. The molecule has 0 saturated heterocycles. The highest BCUT2D eigenvalue weighted by Gasteiger charge is 2.31. The van der Waals surface area contributed by atoms with Gasteiger partial charge in [0.05, 0.1) is 18.4 Å². The molecule has 0 amide bonds. The van der Waals surface area contributed by atoms with Gasteiger partial charge in [-0.3, -0.25) is 9.59 Å². The number of hydrogen-bond donors (Lipinski definition) is 1. The third-order valence-corrected chi connectivity index (χ3v) is 3.29. The summed E-state index contributed by atoms with van der Waals surface area (Å²) in [4.78, 5) is 22.7. The monoisotopic (exact) mass is 242 g/mol. The molecule has 98 valence electrons. The number of carbonyl (C=O) groups excluding carboxylic acids is 1. The summed E-state index contributed by atoms with van der Waals surface area (Å²) in [5.74, 6) is -1.68. The minimum Gasteiger partial charge on any atom is -0.481 e. The molecule has 1 saturated carbocycles. The van der Waals surface area contributed by atoms with E-state index in [1.54, 1.807) is 13.8 Å². The highest BCUT2D eigenvalue weighted by atomic mass is 16.5. The van der Waals surface area contributed by atoms with Gasteiger partial charge in [-0.25, -0.2) is 0 Å². The number of hydrogen-bond acceptors (Lipinski definition) is 3. The molecule has 0 aromatic carbocycles. The fourth-order valence-corrected chi connectivity index (χ4v) is 2.48. The Bertz CT molecular complexity index is 267. The van der Waals surface area contributed by atoms with Gasteiger partial charge in [0.2, 0.25) is 0 Å². The Morgan fingerprint density at radius 1 is 1.24 bits per heavy atom. The summed E-state index contributed by atoms with van der Waals surface area (Å²) in [5, 5.41) is 9.20. The Kier molecular flexibility index (Phi) is 5.45. The van der Waals surface area contributed by atoms with Crippen LogP contribution in [0.2, 0.25) is 0 Å². The van der Waals surface area contributed by atoms with Crippen LogP contribution in [0.5, 0.6) is 0 Å². The smallest absolute Gasteiger partial charge is 0.307 e. The van der Waals surface area contributed by atoms with Crippen LogP contribution in [-0.2, 0) is 14.3 Å². The van der Waals surface area contributed by atoms with Gasteiger partial charge in [0.25, 0.3) is 0 Å². The van der Waals surface area contributed by atoms with Crippen molar-refractivity contribution in [1.82, 2.24) is 0 Å². The molecule has 4 nitrogen and oxygen atoms in total. The van der Waals surface area contributed by atoms with Crippen LogP contribution >= 0.6 is 0 Å². The molecule has 0 aromatic rings. The van der Waals surface area contributed by atoms with Gasteiger partial charge in [0, 0.05) is 0 Å². The van der Waals surface area contributed by atoms with Crippen molar-refractivity contribution in [3.8, 4) is 0 Å². The summed E-state index contributed by atoms with van der Waals surface area (Å²) >= 11 is 0. The molecule has 1 aliphatic carbocycles. The van der Waals surface area contributed by atoms with Crippen LogP contribution in [0.3, 0.4) is 0 Å². The normalized spacial score (nSPS) is 19.0. The SMILES string of the molecule is CC(C)OC(=O)CC(C(=O)O)C1CCCCC1. The molecular formula is C13H22O4. The molecule has 0 heterocycles. The lowest BCUT2D eigenvalue weighted by Gasteiger charge is -2.27. The topological polar surface area (TPSA) is 63.6 Å². The zero-order valence-corrected chi connectivity index (χ0v) is 10.6. The molecular weight excluding hydrogens is 220 g/mol. The quantitative estimate of drug-likeness (QED) is 0.753. The van der Waals surface area contributed by atoms with E-state index in [2.05, 4.69) is 0 Å². The molecule has 4 heteroatoms. The minimum atomic E-state index is -0.863. The summed E-state index contributed by atoms with van der Waals surface area (Å²) in [7, 11) is 0. The molecule has 1 fully saturated rings. The number of carboxylic acid groups (broad SMARTS) is 1. The van der Waals surface area contributed by atoms with Crippen molar-refractivity contribution in [2.45, 2.75) is 58.5 Å². The third kappa shape index (κ3) is 4.75. The lowest BCUT2D eigenvalue weighted by Crippen LogP contribution is -2.29. The van der Waals surface area contributed by atoms with Gasteiger partial charge in [-0.1, -0.05) is 19.3 Å². The lowest BCUT2D eigenvalue weighted by molar-refractivity contribution is -0.156. The molecule has 0 aromatic heterocycles. The predicted octanol–water partition coefficient (Wildman–Crippen LogP) is 2.61. The molecule has 0 spiro atoms. The fraction of sp³-hybridized carbons (Fsp3) is 0.846. The Labute approximate surface area is 102 Å². The van der Waals surface area contributed by atoms with Crippen molar-refractivity contribution in [3.63, 3.8) is 0 Å². The summed E-state index contributed by atoms with van der Waals surface area (Å²) < 4.78 is 5.02. The maximum absolute atomic E-state index is 11.5. The van der Waals surface area contributed by atoms with Gasteiger partial charge < -0.3 is 9.84 Å². The summed E-state index contributed by atoms with van der Waals surface area (Å²) in [6, 6.07) is 0. The van der Waals surface area contributed by atoms with Gasteiger partial charge in [0.1, 0.15) is 0 Å². The van der Waals surface area contributed by atoms with Crippen LogP contribution in [0.25, 0.3) is 0 Å². The van der Waals surface area contributed by atoms with E-state index < -0.39 is 17.9 Å². The molecule has 0 aliphatic heterocycles. The van der Waals surface area contributed by atoms with Gasteiger partial charge >= 0.3 is 11.9 Å². The van der Waals surface area contributed by atoms with Crippen molar-refractivity contribution < 1.29 is 19.4 Å². The Hall–Kier alpha value is -1.06. The first-order valence-corrected chi connectivity index (χ1v) is 6.43. The molecule has 0 radical (unpaired) electrons. The van der Waals surface area contributed by atoms with E-state index in [4.69, 9.17) is 4.74 Å². The summed E-state index contributed by atoms with van der Waals surface area (Å²) in [6.07, 6.45) is 5.01. The first kappa shape index (κ1) is 14.0. The van der Waals surface area contributed by atoms with Gasteiger partial charge in [-0.15, -0.1) is 0 Å². The van der Waals surface area contributed by atoms with Gasteiger partial charge in [0.15, 0.2) is 0 Å². The highest BCUT2D eigenvalue weighted by molar-refractivity contribution is 5.79. The van der Waals surface area contributed by atoms with Crippen molar-refractivity contribution in [2.24, 2.45) is 11.8 Å². The average Bonchev–Trinajstić information content (AvgIpc) is 2.25. The van der Waals surface area contributed by atoms with Crippen LogP contribution in [0.4, 0.5) is 0 Å².